The van der Waals surface area contributed by atoms with Gasteiger partial charge in [-0.15, -0.1) is 0 Å². The normalized spacial score (nSPS) is 12.2. The van der Waals surface area contributed by atoms with Gasteiger partial charge in [-0.1, -0.05) is 18.6 Å². The van der Waals surface area contributed by atoms with Crippen LogP contribution in [0.15, 0.2) is 48.5 Å². The fourth-order valence-corrected chi connectivity index (χ4v) is 2.70. The van der Waals surface area contributed by atoms with Crippen molar-refractivity contribution in [3.05, 3.63) is 65.5 Å². The van der Waals surface area contributed by atoms with E-state index in [1.165, 1.54) is 12.1 Å². The van der Waals surface area contributed by atoms with Gasteiger partial charge in [0.1, 0.15) is 5.82 Å². The number of nitrogens with zero attached hydrogens (tertiary/aromatic N) is 1. The number of nitrogens with one attached hydrogen (secondary N) is 1. The molecule has 0 fully saturated rings. The van der Waals surface area contributed by atoms with Crippen LogP contribution in [0.5, 0.6) is 0 Å². The zero-order valence-electron chi connectivity index (χ0n) is 14.6. The molecule has 0 aliphatic rings. The van der Waals surface area contributed by atoms with Crippen LogP contribution in [0.3, 0.4) is 0 Å². The minimum atomic E-state index is -0.296. The zero-order chi connectivity index (χ0) is 18.0. The van der Waals surface area contributed by atoms with Gasteiger partial charge in [-0.25, -0.2) is 9.37 Å². The maximum absolute atomic E-state index is 13.2. The van der Waals surface area contributed by atoms with Crippen molar-refractivity contribution in [3.63, 3.8) is 0 Å². The maximum Gasteiger partial charge on any atom is 0.252 e. The molecule has 0 bridgehead atoms. The molecule has 0 aliphatic heterocycles. The summed E-state index contributed by atoms with van der Waals surface area (Å²) < 4.78 is 13.2. The van der Waals surface area contributed by atoms with E-state index in [9.17, 15) is 9.18 Å². The highest BCUT2D eigenvalue weighted by atomic mass is 19.1. The lowest BCUT2D eigenvalue weighted by Crippen LogP contribution is -2.32. The minimum Gasteiger partial charge on any atom is -0.350 e. The minimum absolute atomic E-state index is 0.0924. The van der Waals surface area contributed by atoms with Crippen LogP contribution < -0.4 is 5.32 Å². The predicted molar refractivity (Wildman–Crippen MR) is 99.1 cm³/mol. The fourth-order valence-electron chi connectivity index (χ4n) is 2.70. The van der Waals surface area contributed by atoms with Gasteiger partial charge in [0, 0.05) is 17.0 Å². The van der Waals surface area contributed by atoms with Gasteiger partial charge >= 0.3 is 0 Å². The topological polar surface area (TPSA) is 42.0 Å². The number of aryl methyl sites for hydroxylation is 1. The second-order valence-corrected chi connectivity index (χ2v) is 6.37. The zero-order valence-corrected chi connectivity index (χ0v) is 14.6. The van der Waals surface area contributed by atoms with Crippen LogP contribution in [-0.2, 0) is 0 Å². The Morgan fingerprint density at radius 1 is 1.16 bits per heavy atom. The highest BCUT2D eigenvalue weighted by Crippen LogP contribution is 2.26. The molecule has 25 heavy (non-hydrogen) atoms. The number of benzene rings is 2. The summed E-state index contributed by atoms with van der Waals surface area (Å²) in [5, 5.41) is 3.84. The van der Waals surface area contributed by atoms with Gasteiger partial charge in [-0.05, 0) is 62.7 Å². The molecule has 0 spiro atoms. The summed E-state index contributed by atoms with van der Waals surface area (Å²) in [5.41, 5.74) is 3.85. The Morgan fingerprint density at radius 3 is 2.56 bits per heavy atom. The molecule has 3 rings (SSSR count). The lowest BCUT2D eigenvalue weighted by molar-refractivity contribution is 0.0941. The van der Waals surface area contributed by atoms with E-state index in [4.69, 9.17) is 0 Å². The van der Waals surface area contributed by atoms with Gasteiger partial charge in [0.05, 0.1) is 16.8 Å². The molecule has 0 radical (unpaired) electrons. The summed E-state index contributed by atoms with van der Waals surface area (Å²) >= 11 is 0. The molecule has 128 valence electrons. The number of carbonyl (C=O) groups excluding carboxylic acids is 1. The predicted octanol–water partition coefficient (Wildman–Crippen LogP) is 4.88. The lowest BCUT2D eigenvalue weighted by atomic mass is 10.0. The van der Waals surface area contributed by atoms with Crippen LogP contribution in [-0.4, -0.2) is 16.9 Å². The van der Waals surface area contributed by atoms with Crippen molar-refractivity contribution >= 4 is 16.8 Å². The first-order chi connectivity index (χ1) is 12.0. The second-order valence-electron chi connectivity index (χ2n) is 6.37. The number of pyridine rings is 1. The highest BCUT2D eigenvalue weighted by molar-refractivity contribution is 6.07. The van der Waals surface area contributed by atoms with Crippen molar-refractivity contribution in [1.82, 2.24) is 10.3 Å². The average Bonchev–Trinajstić information content (AvgIpc) is 2.61. The van der Waals surface area contributed by atoms with Crippen molar-refractivity contribution in [2.45, 2.75) is 33.2 Å². The lowest BCUT2D eigenvalue weighted by Gasteiger charge is -2.14. The summed E-state index contributed by atoms with van der Waals surface area (Å²) in [4.78, 5) is 17.4. The summed E-state index contributed by atoms with van der Waals surface area (Å²) in [6.45, 7) is 6.00. The van der Waals surface area contributed by atoms with Crippen molar-refractivity contribution in [2.75, 3.05) is 0 Å². The molecule has 1 N–H and O–H groups in total. The SMILES string of the molecule is CCC(C)NC(=O)c1cc(-c2ccc(F)cc2)nc2ccc(C)cc12. The number of aromatic nitrogens is 1. The first-order valence-corrected chi connectivity index (χ1v) is 8.46. The van der Waals surface area contributed by atoms with Gasteiger partial charge in [0.15, 0.2) is 0 Å². The number of amides is 1. The van der Waals surface area contributed by atoms with Crippen LogP contribution in [0.25, 0.3) is 22.2 Å². The third-order valence-electron chi connectivity index (χ3n) is 4.34. The number of hydrogen-bond donors (Lipinski definition) is 1. The van der Waals surface area contributed by atoms with E-state index >= 15 is 0 Å². The molecular weight excluding hydrogens is 315 g/mol. The summed E-state index contributed by atoms with van der Waals surface area (Å²) in [5.74, 6) is -0.411. The standard InChI is InChI=1S/C21H21FN2O/c1-4-14(3)23-21(25)18-12-20(15-6-8-16(22)9-7-15)24-19-10-5-13(2)11-17(18)19/h5-12,14H,4H2,1-3H3,(H,23,25). The molecule has 1 unspecified atom stereocenters. The molecule has 0 saturated heterocycles. The number of halogens is 1. The molecule has 0 aliphatic carbocycles. The molecule has 1 aromatic heterocycles. The van der Waals surface area contributed by atoms with Crippen molar-refractivity contribution < 1.29 is 9.18 Å². The summed E-state index contributed by atoms with van der Waals surface area (Å²) in [6.07, 6.45) is 0.860. The van der Waals surface area contributed by atoms with Gasteiger partial charge in [0.2, 0.25) is 0 Å². The molecule has 1 heterocycles. The number of fused-ring (bicyclic) bond motifs is 1. The summed E-state index contributed by atoms with van der Waals surface area (Å²) in [7, 11) is 0. The van der Waals surface area contributed by atoms with Gasteiger partial charge in [0.25, 0.3) is 5.91 Å². The third-order valence-corrected chi connectivity index (χ3v) is 4.34. The Kier molecular flexibility index (Phi) is 4.79. The van der Waals surface area contributed by atoms with Crippen LogP contribution in [0, 0.1) is 12.7 Å². The van der Waals surface area contributed by atoms with Crippen LogP contribution in [0.4, 0.5) is 4.39 Å². The van der Waals surface area contributed by atoms with E-state index in [0.717, 1.165) is 28.5 Å². The van der Waals surface area contributed by atoms with E-state index in [1.807, 2.05) is 39.0 Å². The van der Waals surface area contributed by atoms with Crippen molar-refractivity contribution in [1.29, 1.82) is 0 Å². The second kappa shape index (κ2) is 7.01. The maximum atomic E-state index is 13.2. The molecule has 4 heteroatoms. The Balaban J connectivity index is 2.16. The fraction of sp³-hybridized carbons (Fsp3) is 0.238. The molecule has 0 saturated carbocycles. The van der Waals surface area contributed by atoms with Gasteiger partial charge in [-0.2, -0.15) is 0 Å². The Labute approximate surface area is 146 Å². The van der Waals surface area contributed by atoms with Crippen LogP contribution >= 0.6 is 0 Å². The first kappa shape index (κ1) is 17.1. The molecule has 2 aromatic carbocycles. The Morgan fingerprint density at radius 2 is 1.88 bits per heavy atom. The Hall–Kier alpha value is -2.75. The number of rotatable bonds is 4. The van der Waals surface area contributed by atoms with Crippen LogP contribution in [0.2, 0.25) is 0 Å². The van der Waals surface area contributed by atoms with Gasteiger partial charge < -0.3 is 5.32 Å². The van der Waals surface area contributed by atoms with E-state index in [2.05, 4.69) is 10.3 Å². The quantitative estimate of drug-likeness (QED) is 0.738. The van der Waals surface area contributed by atoms with E-state index < -0.39 is 0 Å². The monoisotopic (exact) mass is 336 g/mol. The highest BCUT2D eigenvalue weighted by Gasteiger charge is 2.15. The van der Waals surface area contributed by atoms with Gasteiger partial charge in [-0.3, -0.25) is 4.79 Å². The van der Waals surface area contributed by atoms with E-state index in [0.29, 0.717) is 11.3 Å². The molecule has 3 aromatic rings. The molecular formula is C21H21FN2O. The molecule has 3 nitrogen and oxygen atoms in total. The van der Waals surface area contributed by atoms with Crippen molar-refractivity contribution in [2.24, 2.45) is 0 Å². The smallest absolute Gasteiger partial charge is 0.252 e. The van der Waals surface area contributed by atoms with E-state index in [1.54, 1.807) is 18.2 Å². The average molecular weight is 336 g/mol. The van der Waals surface area contributed by atoms with E-state index in [-0.39, 0.29) is 17.8 Å². The Bertz CT molecular complexity index is 919. The third kappa shape index (κ3) is 3.68. The molecule has 1 amide bonds. The number of hydrogen-bond acceptors (Lipinski definition) is 2. The van der Waals surface area contributed by atoms with Crippen molar-refractivity contribution in [3.8, 4) is 11.3 Å². The van der Waals surface area contributed by atoms with Crippen LogP contribution in [0.1, 0.15) is 36.2 Å². The molecule has 1 atom stereocenters. The largest absolute Gasteiger partial charge is 0.350 e. The first-order valence-electron chi connectivity index (χ1n) is 8.46. The summed E-state index contributed by atoms with van der Waals surface area (Å²) in [6, 6.07) is 13.9. The number of carbonyl (C=O) groups is 1.